The highest BCUT2D eigenvalue weighted by atomic mass is 79.9. The number of carbonyl (C=O) groups excluding carboxylic acids is 1. The first-order chi connectivity index (χ1) is 12.0. The van der Waals surface area contributed by atoms with E-state index in [0.717, 1.165) is 15.7 Å². The van der Waals surface area contributed by atoms with Crippen molar-refractivity contribution in [1.82, 2.24) is 4.90 Å². The number of benzene rings is 2. The van der Waals surface area contributed by atoms with Crippen molar-refractivity contribution in [2.24, 2.45) is 0 Å². The van der Waals surface area contributed by atoms with Crippen LogP contribution in [0.25, 0.3) is 0 Å². The molecule has 0 aliphatic heterocycles. The summed E-state index contributed by atoms with van der Waals surface area (Å²) in [5, 5.41) is 13.8. The number of amides is 1. The number of hydrogen-bond donors (Lipinski definition) is 1. The maximum absolute atomic E-state index is 12.2. The fourth-order valence-electron chi connectivity index (χ4n) is 2.32. The SMILES string of the molecule is CN(Cc1ccc(Br)cc1)C(=O)CCCNc1ccc([N+](=O)[O-])cc1. The molecule has 2 aromatic carbocycles. The third-order valence-corrected chi connectivity index (χ3v) is 4.26. The molecule has 0 radical (unpaired) electrons. The number of anilines is 1. The fourth-order valence-corrected chi connectivity index (χ4v) is 2.58. The van der Waals surface area contributed by atoms with Crippen molar-refractivity contribution in [3.8, 4) is 0 Å². The molecule has 6 nitrogen and oxygen atoms in total. The average molecular weight is 406 g/mol. The summed E-state index contributed by atoms with van der Waals surface area (Å²) >= 11 is 3.39. The molecular weight excluding hydrogens is 386 g/mol. The van der Waals surface area contributed by atoms with Crippen LogP contribution in [0.2, 0.25) is 0 Å². The number of hydrogen-bond acceptors (Lipinski definition) is 4. The second-order valence-corrected chi connectivity index (χ2v) is 6.63. The van der Waals surface area contributed by atoms with E-state index in [1.807, 2.05) is 24.3 Å². The molecule has 0 fully saturated rings. The predicted octanol–water partition coefficient (Wildman–Crippen LogP) is 4.21. The van der Waals surface area contributed by atoms with Crippen LogP contribution < -0.4 is 5.32 Å². The number of nitrogens with zero attached hydrogens (tertiary/aromatic N) is 2. The molecule has 0 spiro atoms. The summed E-state index contributed by atoms with van der Waals surface area (Å²) in [6, 6.07) is 14.1. The Morgan fingerprint density at radius 3 is 2.40 bits per heavy atom. The average Bonchev–Trinajstić information content (AvgIpc) is 2.60. The number of nitro groups is 1. The van der Waals surface area contributed by atoms with Crippen molar-refractivity contribution in [1.29, 1.82) is 0 Å². The number of non-ortho nitro benzene ring substituents is 1. The van der Waals surface area contributed by atoms with E-state index >= 15 is 0 Å². The summed E-state index contributed by atoms with van der Waals surface area (Å²) in [5.74, 6) is 0.0911. The molecule has 0 saturated carbocycles. The molecule has 0 saturated heterocycles. The van der Waals surface area contributed by atoms with Gasteiger partial charge in [-0.25, -0.2) is 0 Å². The maximum Gasteiger partial charge on any atom is 0.269 e. The first-order valence-electron chi connectivity index (χ1n) is 7.92. The molecule has 0 aliphatic carbocycles. The highest BCUT2D eigenvalue weighted by Gasteiger charge is 2.09. The molecule has 25 heavy (non-hydrogen) atoms. The van der Waals surface area contributed by atoms with Crippen LogP contribution in [0, 0.1) is 10.1 Å². The molecule has 1 amide bonds. The van der Waals surface area contributed by atoms with Crippen LogP contribution in [-0.4, -0.2) is 29.3 Å². The number of rotatable bonds is 8. The first kappa shape index (κ1) is 18.9. The van der Waals surface area contributed by atoms with Crippen LogP contribution in [-0.2, 0) is 11.3 Å². The van der Waals surface area contributed by atoms with Gasteiger partial charge in [-0.1, -0.05) is 28.1 Å². The van der Waals surface area contributed by atoms with E-state index in [2.05, 4.69) is 21.2 Å². The van der Waals surface area contributed by atoms with Crippen LogP contribution in [0.4, 0.5) is 11.4 Å². The van der Waals surface area contributed by atoms with Gasteiger partial charge in [0.25, 0.3) is 5.69 Å². The van der Waals surface area contributed by atoms with E-state index in [9.17, 15) is 14.9 Å². The Morgan fingerprint density at radius 1 is 1.16 bits per heavy atom. The van der Waals surface area contributed by atoms with Crippen molar-refractivity contribution in [2.45, 2.75) is 19.4 Å². The highest BCUT2D eigenvalue weighted by Crippen LogP contribution is 2.15. The zero-order valence-corrected chi connectivity index (χ0v) is 15.5. The van der Waals surface area contributed by atoms with E-state index in [4.69, 9.17) is 0 Å². The number of nitrogens with one attached hydrogen (secondary N) is 1. The monoisotopic (exact) mass is 405 g/mol. The molecule has 0 atom stereocenters. The minimum Gasteiger partial charge on any atom is -0.385 e. The quantitative estimate of drug-likeness (QED) is 0.405. The lowest BCUT2D eigenvalue weighted by Crippen LogP contribution is -2.26. The highest BCUT2D eigenvalue weighted by molar-refractivity contribution is 9.10. The fraction of sp³-hybridized carbons (Fsp3) is 0.278. The third-order valence-electron chi connectivity index (χ3n) is 3.73. The van der Waals surface area contributed by atoms with Crippen LogP contribution >= 0.6 is 15.9 Å². The van der Waals surface area contributed by atoms with E-state index in [1.54, 1.807) is 24.1 Å². The summed E-state index contributed by atoms with van der Waals surface area (Å²) in [4.78, 5) is 24.0. The van der Waals surface area contributed by atoms with Crippen LogP contribution in [0.15, 0.2) is 53.0 Å². The van der Waals surface area contributed by atoms with Gasteiger partial charge in [0.1, 0.15) is 0 Å². The number of carbonyl (C=O) groups is 1. The number of nitro benzene ring substituents is 1. The number of halogens is 1. The van der Waals surface area contributed by atoms with Crippen molar-refractivity contribution >= 4 is 33.2 Å². The molecular formula is C18H20BrN3O3. The standard InChI is InChI=1S/C18H20BrN3O3/c1-21(13-14-4-6-15(19)7-5-14)18(23)3-2-12-20-16-8-10-17(11-9-16)22(24)25/h4-11,20H,2-3,12-13H2,1H3. The molecule has 0 bridgehead atoms. The van der Waals surface area contributed by atoms with Crippen molar-refractivity contribution in [3.05, 3.63) is 68.7 Å². The van der Waals surface area contributed by atoms with Crippen LogP contribution in [0.5, 0.6) is 0 Å². The van der Waals surface area contributed by atoms with Crippen LogP contribution in [0.3, 0.4) is 0 Å². The van der Waals surface area contributed by atoms with Gasteiger partial charge >= 0.3 is 0 Å². The van der Waals surface area contributed by atoms with Crippen molar-refractivity contribution < 1.29 is 9.72 Å². The minimum atomic E-state index is -0.427. The largest absolute Gasteiger partial charge is 0.385 e. The molecule has 132 valence electrons. The van der Waals surface area contributed by atoms with E-state index in [0.29, 0.717) is 25.9 Å². The lowest BCUT2D eigenvalue weighted by molar-refractivity contribution is -0.384. The van der Waals surface area contributed by atoms with Crippen molar-refractivity contribution in [3.63, 3.8) is 0 Å². The van der Waals surface area contributed by atoms with Crippen molar-refractivity contribution in [2.75, 3.05) is 18.9 Å². The molecule has 2 rings (SSSR count). The summed E-state index contributed by atoms with van der Waals surface area (Å²) in [5.41, 5.74) is 1.96. The second-order valence-electron chi connectivity index (χ2n) is 5.71. The summed E-state index contributed by atoms with van der Waals surface area (Å²) in [6.45, 7) is 1.22. The minimum absolute atomic E-state index is 0.0651. The second kappa shape index (κ2) is 9.17. The third kappa shape index (κ3) is 6.19. The van der Waals surface area contributed by atoms with Gasteiger partial charge in [0.05, 0.1) is 4.92 Å². The van der Waals surface area contributed by atoms with Gasteiger partial charge in [-0.15, -0.1) is 0 Å². The zero-order chi connectivity index (χ0) is 18.2. The van der Waals surface area contributed by atoms with Gasteiger partial charge in [-0.2, -0.15) is 0 Å². The Morgan fingerprint density at radius 2 is 1.80 bits per heavy atom. The lowest BCUT2D eigenvalue weighted by atomic mass is 10.2. The maximum atomic E-state index is 12.2. The Labute approximate surface area is 155 Å². The molecule has 1 N–H and O–H groups in total. The summed E-state index contributed by atoms with van der Waals surface area (Å²) in [6.07, 6.45) is 1.15. The van der Waals surface area contributed by atoms with Gasteiger partial charge in [-0.3, -0.25) is 14.9 Å². The summed E-state index contributed by atoms with van der Waals surface area (Å²) < 4.78 is 1.02. The van der Waals surface area contributed by atoms with Gasteiger partial charge in [0, 0.05) is 48.9 Å². The first-order valence-corrected chi connectivity index (χ1v) is 8.72. The lowest BCUT2D eigenvalue weighted by Gasteiger charge is -2.17. The van der Waals surface area contributed by atoms with E-state index in [1.165, 1.54) is 12.1 Å². The molecule has 0 aliphatic rings. The molecule has 7 heteroatoms. The zero-order valence-electron chi connectivity index (χ0n) is 13.9. The summed E-state index contributed by atoms with van der Waals surface area (Å²) in [7, 11) is 1.80. The predicted molar refractivity (Wildman–Crippen MR) is 101 cm³/mol. The van der Waals surface area contributed by atoms with E-state index < -0.39 is 4.92 Å². The van der Waals surface area contributed by atoms with Gasteiger partial charge in [-0.05, 0) is 36.2 Å². The van der Waals surface area contributed by atoms with Gasteiger partial charge < -0.3 is 10.2 Å². The molecule has 2 aromatic rings. The Balaban J connectivity index is 1.70. The van der Waals surface area contributed by atoms with Gasteiger partial charge in [0.2, 0.25) is 5.91 Å². The Hall–Kier alpha value is -2.41. The topological polar surface area (TPSA) is 75.5 Å². The Kier molecular flexibility index (Phi) is 6.94. The molecule has 0 heterocycles. The van der Waals surface area contributed by atoms with E-state index in [-0.39, 0.29) is 11.6 Å². The molecule has 0 aromatic heterocycles. The van der Waals surface area contributed by atoms with Gasteiger partial charge in [0.15, 0.2) is 0 Å². The molecule has 0 unspecified atom stereocenters. The van der Waals surface area contributed by atoms with Crippen LogP contribution in [0.1, 0.15) is 18.4 Å². The normalized spacial score (nSPS) is 10.3. The smallest absolute Gasteiger partial charge is 0.269 e. The Bertz CT molecular complexity index is 717.